The molecule has 3 rings (SSSR count). The third-order valence-corrected chi connectivity index (χ3v) is 5.54. The highest BCUT2D eigenvalue weighted by atomic mass is 127. The molecule has 0 radical (unpaired) electrons. The molecule has 1 N–H and O–H groups in total. The van der Waals surface area contributed by atoms with Crippen LogP contribution in [0.3, 0.4) is 0 Å². The van der Waals surface area contributed by atoms with E-state index in [-0.39, 0.29) is 17.2 Å². The summed E-state index contributed by atoms with van der Waals surface area (Å²) in [5.74, 6) is 0.0645. The SMILES string of the molecule is CCn1c(SCC(=O)Nc2ccccc2I)nc2ccccc2c1=O. The van der Waals surface area contributed by atoms with E-state index in [0.29, 0.717) is 22.6 Å². The van der Waals surface area contributed by atoms with Gasteiger partial charge in [0.25, 0.3) is 5.56 Å². The van der Waals surface area contributed by atoms with E-state index in [1.807, 2.05) is 49.4 Å². The van der Waals surface area contributed by atoms with Gasteiger partial charge in [-0.2, -0.15) is 0 Å². The molecule has 5 nitrogen and oxygen atoms in total. The van der Waals surface area contributed by atoms with Crippen LogP contribution in [0.5, 0.6) is 0 Å². The fourth-order valence-electron chi connectivity index (χ4n) is 2.42. The fourth-order valence-corrected chi connectivity index (χ4v) is 3.80. The van der Waals surface area contributed by atoms with E-state index in [4.69, 9.17) is 0 Å². The number of thioether (sulfide) groups is 1. The number of nitrogens with zero attached hydrogens (tertiary/aromatic N) is 2. The van der Waals surface area contributed by atoms with Crippen LogP contribution in [0.1, 0.15) is 6.92 Å². The van der Waals surface area contributed by atoms with E-state index in [0.717, 1.165) is 9.26 Å². The third kappa shape index (κ3) is 4.04. The van der Waals surface area contributed by atoms with Crippen LogP contribution in [0.4, 0.5) is 5.69 Å². The van der Waals surface area contributed by atoms with Gasteiger partial charge < -0.3 is 5.32 Å². The van der Waals surface area contributed by atoms with Crippen molar-refractivity contribution in [3.05, 3.63) is 62.5 Å². The first kappa shape index (κ1) is 17.9. The molecule has 7 heteroatoms. The average Bonchev–Trinajstić information content (AvgIpc) is 2.62. The Morgan fingerprint density at radius 3 is 2.68 bits per heavy atom. The smallest absolute Gasteiger partial charge is 0.262 e. The number of hydrogen-bond donors (Lipinski definition) is 1. The number of anilines is 1. The minimum Gasteiger partial charge on any atom is -0.324 e. The number of carbonyl (C=O) groups excluding carboxylic acids is 1. The molecule has 0 aliphatic carbocycles. The molecule has 0 bridgehead atoms. The summed E-state index contributed by atoms with van der Waals surface area (Å²) in [5, 5.41) is 4.04. The van der Waals surface area contributed by atoms with Crippen LogP contribution in [-0.2, 0) is 11.3 Å². The summed E-state index contributed by atoms with van der Waals surface area (Å²) < 4.78 is 2.58. The highest BCUT2D eigenvalue weighted by Crippen LogP contribution is 2.20. The van der Waals surface area contributed by atoms with Gasteiger partial charge in [-0.3, -0.25) is 14.2 Å². The molecule has 0 fully saturated rings. The highest BCUT2D eigenvalue weighted by Gasteiger charge is 2.12. The molecule has 0 atom stereocenters. The van der Waals surface area contributed by atoms with Gasteiger partial charge in [-0.15, -0.1) is 0 Å². The summed E-state index contributed by atoms with van der Waals surface area (Å²) in [6.45, 7) is 2.41. The molecular formula is C18H16IN3O2S. The molecule has 0 unspecified atom stereocenters. The Bertz CT molecular complexity index is 987. The molecule has 0 spiro atoms. The molecule has 25 heavy (non-hydrogen) atoms. The zero-order chi connectivity index (χ0) is 17.8. The van der Waals surface area contributed by atoms with Crippen molar-refractivity contribution in [1.82, 2.24) is 9.55 Å². The first-order valence-corrected chi connectivity index (χ1v) is 9.83. The lowest BCUT2D eigenvalue weighted by Crippen LogP contribution is -2.23. The minimum atomic E-state index is -0.126. The minimum absolute atomic E-state index is 0.0754. The number of amides is 1. The van der Waals surface area contributed by atoms with Gasteiger partial charge in [-0.1, -0.05) is 36.0 Å². The maximum Gasteiger partial charge on any atom is 0.262 e. The van der Waals surface area contributed by atoms with E-state index >= 15 is 0 Å². The number of nitrogens with one attached hydrogen (secondary N) is 1. The molecule has 3 aromatic rings. The number of fused-ring (bicyclic) bond motifs is 1. The number of aromatic nitrogens is 2. The number of para-hydroxylation sites is 2. The maximum absolute atomic E-state index is 12.6. The Morgan fingerprint density at radius 2 is 1.92 bits per heavy atom. The van der Waals surface area contributed by atoms with Crippen LogP contribution in [0, 0.1) is 3.57 Å². The van der Waals surface area contributed by atoms with Crippen LogP contribution >= 0.6 is 34.4 Å². The monoisotopic (exact) mass is 465 g/mol. The van der Waals surface area contributed by atoms with Crippen molar-refractivity contribution in [2.45, 2.75) is 18.6 Å². The average molecular weight is 465 g/mol. The van der Waals surface area contributed by atoms with Gasteiger partial charge in [0.15, 0.2) is 5.16 Å². The lowest BCUT2D eigenvalue weighted by Gasteiger charge is -2.11. The molecule has 1 aromatic heterocycles. The normalized spacial score (nSPS) is 10.8. The predicted octanol–water partition coefficient (Wildman–Crippen LogP) is 3.75. The first-order chi connectivity index (χ1) is 12.1. The Morgan fingerprint density at radius 1 is 1.20 bits per heavy atom. The maximum atomic E-state index is 12.6. The van der Waals surface area contributed by atoms with E-state index in [2.05, 4.69) is 32.9 Å². The molecule has 0 aliphatic rings. The Balaban J connectivity index is 1.80. The van der Waals surface area contributed by atoms with E-state index < -0.39 is 0 Å². The zero-order valence-corrected chi connectivity index (χ0v) is 16.5. The molecule has 0 saturated heterocycles. The van der Waals surface area contributed by atoms with Gasteiger partial charge in [0, 0.05) is 10.1 Å². The number of hydrogen-bond acceptors (Lipinski definition) is 4. The van der Waals surface area contributed by atoms with E-state index in [1.165, 1.54) is 11.8 Å². The summed E-state index contributed by atoms with van der Waals surface area (Å²) in [6, 6.07) is 14.9. The van der Waals surface area contributed by atoms with Gasteiger partial charge in [0.2, 0.25) is 5.91 Å². The molecule has 1 amide bonds. The van der Waals surface area contributed by atoms with Crippen molar-refractivity contribution in [3.63, 3.8) is 0 Å². The quantitative estimate of drug-likeness (QED) is 0.354. The molecule has 128 valence electrons. The highest BCUT2D eigenvalue weighted by molar-refractivity contribution is 14.1. The summed E-state index contributed by atoms with van der Waals surface area (Å²) in [4.78, 5) is 29.4. The van der Waals surface area contributed by atoms with E-state index in [1.54, 1.807) is 10.6 Å². The number of rotatable bonds is 5. The predicted molar refractivity (Wildman–Crippen MR) is 110 cm³/mol. The Hall–Kier alpha value is -1.87. The largest absolute Gasteiger partial charge is 0.324 e. The van der Waals surface area contributed by atoms with Gasteiger partial charge >= 0.3 is 0 Å². The summed E-state index contributed by atoms with van der Waals surface area (Å²) >= 11 is 3.45. The molecule has 0 aliphatic heterocycles. The van der Waals surface area contributed by atoms with Crippen molar-refractivity contribution >= 4 is 56.9 Å². The summed E-state index contributed by atoms with van der Waals surface area (Å²) in [6.07, 6.45) is 0. The standard InChI is InChI=1S/C18H16IN3O2S/c1-2-22-17(24)12-7-3-5-9-14(12)21-18(22)25-11-16(23)20-15-10-6-4-8-13(15)19/h3-10H,2,11H2,1H3,(H,20,23). The van der Waals surface area contributed by atoms with Crippen LogP contribution < -0.4 is 10.9 Å². The van der Waals surface area contributed by atoms with Crippen LogP contribution in [0.15, 0.2) is 58.5 Å². The van der Waals surface area contributed by atoms with Gasteiger partial charge in [-0.05, 0) is 53.8 Å². The second-order valence-electron chi connectivity index (χ2n) is 5.28. The fraction of sp³-hybridized carbons (Fsp3) is 0.167. The molecule has 0 saturated carbocycles. The number of halogens is 1. The topological polar surface area (TPSA) is 64.0 Å². The summed E-state index contributed by atoms with van der Waals surface area (Å²) in [5.41, 5.74) is 1.36. The van der Waals surface area contributed by atoms with Crippen molar-refractivity contribution in [2.75, 3.05) is 11.1 Å². The molecular weight excluding hydrogens is 449 g/mol. The van der Waals surface area contributed by atoms with Crippen LogP contribution in [0.25, 0.3) is 10.9 Å². The van der Waals surface area contributed by atoms with Crippen LogP contribution in [0.2, 0.25) is 0 Å². The second-order valence-corrected chi connectivity index (χ2v) is 7.38. The first-order valence-electron chi connectivity index (χ1n) is 7.77. The number of benzene rings is 2. The van der Waals surface area contributed by atoms with Crippen molar-refractivity contribution in [2.24, 2.45) is 0 Å². The lowest BCUT2D eigenvalue weighted by molar-refractivity contribution is -0.113. The van der Waals surface area contributed by atoms with Crippen molar-refractivity contribution in [1.29, 1.82) is 0 Å². The van der Waals surface area contributed by atoms with Gasteiger partial charge in [-0.25, -0.2) is 4.98 Å². The third-order valence-electron chi connectivity index (χ3n) is 3.62. The van der Waals surface area contributed by atoms with Gasteiger partial charge in [0.05, 0.1) is 22.3 Å². The van der Waals surface area contributed by atoms with Crippen molar-refractivity contribution in [3.8, 4) is 0 Å². The summed E-state index contributed by atoms with van der Waals surface area (Å²) in [7, 11) is 0. The Labute approximate surface area is 163 Å². The number of carbonyl (C=O) groups is 1. The van der Waals surface area contributed by atoms with Gasteiger partial charge in [0.1, 0.15) is 0 Å². The Kier molecular flexibility index (Phi) is 5.74. The molecule has 2 aromatic carbocycles. The van der Waals surface area contributed by atoms with E-state index in [9.17, 15) is 9.59 Å². The van der Waals surface area contributed by atoms with Crippen molar-refractivity contribution < 1.29 is 4.79 Å². The van der Waals surface area contributed by atoms with Crippen LogP contribution in [-0.4, -0.2) is 21.2 Å². The molecule has 1 heterocycles. The zero-order valence-electron chi connectivity index (χ0n) is 13.5. The second kappa shape index (κ2) is 8.01. The lowest BCUT2D eigenvalue weighted by atomic mass is 10.2.